The first kappa shape index (κ1) is 19.5. The summed E-state index contributed by atoms with van der Waals surface area (Å²) in [6, 6.07) is 4.54. The van der Waals surface area contributed by atoms with E-state index in [1.807, 2.05) is 32.6 Å². The zero-order valence-corrected chi connectivity index (χ0v) is 17.7. The van der Waals surface area contributed by atoms with Crippen molar-refractivity contribution in [3.05, 3.63) is 49.3 Å². The number of rotatable bonds is 3. The summed E-state index contributed by atoms with van der Waals surface area (Å²) in [6.07, 6.45) is -0.524. The Morgan fingerprint density at radius 1 is 1.23 bits per heavy atom. The van der Waals surface area contributed by atoms with Crippen molar-refractivity contribution >= 4 is 51.5 Å². The maximum absolute atomic E-state index is 13.0. The average molecular weight is 434 g/mol. The van der Waals surface area contributed by atoms with Crippen LogP contribution in [-0.2, 0) is 0 Å². The molecule has 140 valence electrons. The Kier molecular flexibility index (Phi) is 5.07. The number of thiocarbonyl (C=S) groups is 1. The first-order valence-corrected chi connectivity index (χ1v) is 9.84. The van der Waals surface area contributed by atoms with Crippen LogP contribution in [0.4, 0.5) is 0 Å². The Bertz CT molecular complexity index is 993. The number of thioether (sulfide) groups is 1. The monoisotopic (exact) mass is 433 g/mol. The van der Waals surface area contributed by atoms with E-state index in [2.05, 4.69) is 0 Å². The third-order valence-electron chi connectivity index (χ3n) is 4.13. The van der Waals surface area contributed by atoms with Crippen LogP contribution in [0.2, 0.25) is 10.0 Å². The van der Waals surface area contributed by atoms with E-state index in [1.54, 1.807) is 0 Å². The topological polar surface area (TPSA) is 60.4 Å². The predicted octanol–water partition coefficient (Wildman–Crippen LogP) is 3.92. The molecule has 10 heteroatoms. The van der Waals surface area contributed by atoms with Gasteiger partial charge in [0, 0.05) is 6.04 Å². The largest absolute Gasteiger partial charge is 0.447 e. The first-order chi connectivity index (χ1) is 12.0. The molecule has 1 aromatic heterocycles. The van der Waals surface area contributed by atoms with Crippen molar-refractivity contribution in [2.45, 2.75) is 44.6 Å². The highest BCUT2D eigenvalue weighted by Crippen LogP contribution is 2.47. The molecule has 0 N–H and O–H groups in total. The van der Waals surface area contributed by atoms with Gasteiger partial charge in [-0.1, -0.05) is 47.2 Å². The van der Waals surface area contributed by atoms with Crippen LogP contribution in [0.25, 0.3) is 5.69 Å². The molecule has 0 radical (unpaired) electrons. The van der Waals surface area contributed by atoms with Crippen LogP contribution in [0.15, 0.2) is 32.3 Å². The lowest BCUT2D eigenvalue weighted by Crippen LogP contribution is -2.45. The van der Waals surface area contributed by atoms with Crippen molar-refractivity contribution in [2.24, 2.45) is 0 Å². The summed E-state index contributed by atoms with van der Waals surface area (Å²) in [5, 5.41) is 0.571. The Balaban J connectivity index is 2.19. The number of benzene rings is 1. The van der Waals surface area contributed by atoms with Crippen molar-refractivity contribution in [3.8, 4) is 5.69 Å². The molecule has 0 spiro atoms. The number of halogens is 2. The molecule has 0 saturated carbocycles. The Hall–Kier alpha value is -1.22. The molecule has 1 aliphatic heterocycles. The van der Waals surface area contributed by atoms with Gasteiger partial charge in [-0.05, 0) is 45.9 Å². The molecule has 3 rings (SSSR count). The molecular weight excluding hydrogens is 417 g/mol. The second-order valence-electron chi connectivity index (χ2n) is 6.75. The molecule has 2 heterocycles. The van der Waals surface area contributed by atoms with Crippen LogP contribution in [0.5, 0.6) is 0 Å². The number of aromatic nitrogens is 2. The van der Waals surface area contributed by atoms with Crippen molar-refractivity contribution in [1.82, 2.24) is 14.2 Å². The highest BCUT2D eigenvalue weighted by molar-refractivity contribution is 8.24. The van der Waals surface area contributed by atoms with Crippen molar-refractivity contribution in [2.75, 3.05) is 0 Å². The second kappa shape index (κ2) is 6.74. The van der Waals surface area contributed by atoms with Gasteiger partial charge in [-0.2, -0.15) is 4.57 Å². The molecule has 1 saturated heterocycles. The minimum absolute atomic E-state index is 0.0345. The number of hydrogen-bond donors (Lipinski definition) is 0. The van der Waals surface area contributed by atoms with Gasteiger partial charge >= 0.3 is 11.4 Å². The zero-order chi connectivity index (χ0) is 19.4. The quantitative estimate of drug-likeness (QED) is 0.683. The van der Waals surface area contributed by atoms with Crippen LogP contribution >= 0.6 is 47.2 Å². The van der Waals surface area contributed by atoms with Crippen LogP contribution < -0.4 is 11.4 Å². The summed E-state index contributed by atoms with van der Waals surface area (Å²) in [5.74, 6) is -0.796. The molecule has 1 atom stereocenters. The van der Waals surface area contributed by atoms with Crippen LogP contribution in [-0.4, -0.2) is 29.3 Å². The fraction of sp³-hybridized carbons (Fsp3) is 0.438. The third kappa shape index (κ3) is 3.13. The van der Waals surface area contributed by atoms with Crippen LogP contribution in [0, 0.1) is 0 Å². The third-order valence-corrected chi connectivity index (χ3v) is 6.45. The highest BCUT2D eigenvalue weighted by Gasteiger charge is 2.49. The van der Waals surface area contributed by atoms with Crippen molar-refractivity contribution in [1.29, 1.82) is 0 Å². The Morgan fingerprint density at radius 2 is 1.88 bits per heavy atom. The molecule has 6 nitrogen and oxygen atoms in total. The summed E-state index contributed by atoms with van der Waals surface area (Å²) in [7, 11) is 0. The van der Waals surface area contributed by atoms with E-state index >= 15 is 0 Å². The van der Waals surface area contributed by atoms with Crippen molar-refractivity contribution in [3.63, 3.8) is 0 Å². The summed E-state index contributed by atoms with van der Waals surface area (Å²) in [5.41, 5.74) is -0.304. The minimum Gasteiger partial charge on any atom is -0.330 e. The lowest BCUT2D eigenvalue weighted by molar-refractivity contribution is 0.0744. The summed E-state index contributed by atoms with van der Waals surface area (Å²) >= 11 is 18.9. The lowest BCUT2D eigenvalue weighted by Gasteiger charge is -2.33. The maximum atomic E-state index is 13.0. The van der Waals surface area contributed by atoms with Crippen LogP contribution in [0.3, 0.4) is 0 Å². The SMILES string of the molecule is CC(C)N1C(=S)SC(C)(C)[C@H]1n1oc(=O)n(-c2ccc(Cl)c(Cl)c2)c1=O. The van der Waals surface area contributed by atoms with E-state index in [9.17, 15) is 9.59 Å². The standard InChI is InChI=1S/C16H17Cl2N3O3S2/c1-8(2)19-12(16(3,4)26-15(19)25)21-13(22)20(14(23)24-21)9-5-6-10(17)11(18)7-9/h5-8,12H,1-4H3/t12-/m1/s1. The van der Waals surface area contributed by atoms with E-state index in [-0.39, 0.29) is 11.1 Å². The molecule has 0 amide bonds. The Morgan fingerprint density at radius 3 is 2.46 bits per heavy atom. The summed E-state index contributed by atoms with van der Waals surface area (Å²) in [6.45, 7) is 7.86. The smallest absolute Gasteiger partial charge is 0.330 e. The van der Waals surface area contributed by atoms with Gasteiger partial charge in [-0.15, -0.1) is 4.74 Å². The molecule has 0 unspecified atom stereocenters. The summed E-state index contributed by atoms with van der Waals surface area (Å²) < 4.78 is 7.57. The average Bonchev–Trinajstić information content (AvgIpc) is 2.93. The van der Waals surface area contributed by atoms with Gasteiger partial charge in [0.05, 0.1) is 20.5 Å². The molecule has 26 heavy (non-hydrogen) atoms. The van der Waals surface area contributed by atoms with E-state index in [4.69, 9.17) is 39.9 Å². The molecule has 0 bridgehead atoms. The molecule has 1 aromatic carbocycles. The fourth-order valence-corrected chi connectivity index (χ4v) is 5.42. The van der Waals surface area contributed by atoms with Gasteiger partial charge in [0.15, 0.2) is 6.17 Å². The molecule has 1 aliphatic rings. The molecule has 2 aromatic rings. The van der Waals surface area contributed by atoms with E-state index in [0.717, 1.165) is 9.31 Å². The second-order valence-corrected chi connectivity index (χ2v) is 9.85. The molecule has 1 fully saturated rings. The highest BCUT2D eigenvalue weighted by atomic mass is 35.5. The van der Waals surface area contributed by atoms with Gasteiger partial charge in [0.1, 0.15) is 4.32 Å². The lowest BCUT2D eigenvalue weighted by atomic mass is 10.1. The normalized spacial score (nSPS) is 19.6. The van der Waals surface area contributed by atoms with Gasteiger partial charge in [0.25, 0.3) is 0 Å². The minimum atomic E-state index is -0.796. The van der Waals surface area contributed by atoms with Crippen LogP contribution in [0.1, 0.15) is 33.9 Å². The zero-order valence-electron chi connectivity index (χ0n) is 14.5. The van der Waals surface area contributed by atoms with E-state index in [1.165, 1.54) is 30.0 Å². The first-order valence-electron chi connectivity index (χ1n) is 7.86. The van der Waals surface area contributed by atoms with Gasteiger partial charge < -0.3 is 9.42 Å². The number of hydrogen-bond acceptors (Lipinski definition) is 5. The van der Waals surface area contributed by atoms with Gasteiger partial charge in [-0.25, -0.2) is 9.59 Å². The van der Waals surface area contributed by atoms with Crippen molar-refractivity contribution < 1.29 is 4.52 Å². The van der Waals surface area contributed by atoms with E-state index < -0.39 is 22.4 Å². The maximum Gasteiger partial charge on any atom is 0.447 e. The number of nitrogens with zero attached hydrogens (tertiary/aromatic N) is 3. The molecular formula is C16H17Cl2N3O3S2. The van der Waals surface area contributed by atoms with Gasteiger partial charge in [-0.3, -0.25) is 0 Å². The van der Waals surface area contributed by atoms with E-state index in [0.29, 0.717) is 15.0 Å². The van der Waals surface area contributed by atoms with Gasteiger partial charge in [0.2, 0.25) is 0 Å². The predicted molar refractivity (Wildman–Crippen MR) is 109 cm³/mol. The Labute approximate surface area is 169 Å². The fourth-order valence-electron chi connectivity index (χ4n) is 2.99. The summed E-state index contributed by atoms with van der Waals surface area (Å²) in [4.78, 5) is 27.3. The molecule has 0 aliphatic carbocycles.